The van der Waals surface area contributed by atoms with E-state index in [0.29, 0.717) is 25.6 Å². The molecule has 6 rings (SSSR count). The van der Waals surface area contributed by atoms with Gasteiger partial charge in [0.15, 0.2) is 17.3 Å². The van der Waals surface area contributed by atoms with E-state index in [9.17, 15) is 4.79 Å². The molecule has 1 saturated heterocycles. The van der Waals surface area contributed by atoms with Gasteiger partial charge in [-0.2, -0.15) is 0 Å². The molecule has 2 aliphatic rings. The Morgan fingerprint density at radius 2 is 2.07 bits per heavy atom. The Bertz CT molecular complexity index is 1260. The number of anilines is 1. The zero-order valence-electron chi connectivity index (χ0n) is 16.5. The van der Waals surface area contributed by atoms with Gasteiger partial charge in [-0.3, -0.25) is 4.79 Å². The average molecular weight is 419 g/mol. The molecule has 0 unspecified atom stereocenters. The van der Waals surface area contributed by atoms with E-state index in [4.69, 9.17) is 9.97 Å². The van der Waals surface area contributed by atoms with Crippen LogP contribution in [0.2, 0.25) is 0 Å². The summed E-state index contributed by atoms with van der Waals surface area (Å²) in [5.74, 6) is 1.78. The van der Waals surface area contributed by atoms with Crippen LogP contribution >= 0.6 is 11.3 Å². The molecule has 152 valence electrons. The van der Waals surface area contributed by atoms with E-state index in [1.807, 2.05) is 11.2 Å². The molecule has 7 nitrogen and oxygen atoms in total. The number of hydrogen-bond acceptors (Lipinski definition) is 6. The molecule has 0 bridgehead atoms. The Labute approximate surface area is 177 Å². The van der Waals surface area contributed by atoms with Crippen LogP contribution in [0.5, 0.6) is 0 Å². The van der Waals surface area contributed by atoms with Gasteiger partial charge in [0.1, 0.15) is 5.52 Å². The van der Waals surface area contributed by atoms with Gasteiger partial charge in [0.05, 0.1) is 6.33 Å². The number of carbonyl (C=O) groups excluding carboxylic acids is 1. The van der Waals surface area contributed by atoms with Crippen LogP contribution in [-0.4, -0.2) is 49.5 Å². The Hall–Kier alpha value is -3.00. The second-order valence-electron chi connectivity index (χ2n) is 8.05. The maximum absolute atomic E-state index is 12.0. The molecule has 0 spiro atoms. The first-order chi connectivity index (χ1) is 14.8. The zero-order chi connectivity index (χ0) is 20.1. The third-order valence-corrected chi connectivity index (χ3v) is 6.85. The molecule has 0 radical (unpaired) electrons. The second-order valence-corrected chi connectivity index (χ2v) is 8.97. The average Bonchev–Trinajstić information content (AvgIpc) is 3.13. The lowest BCUT2D eigenvalue weighted by molar-refractivity contribution is -0.127. The summed E-state index contributed by atoms with van der Waals surface area (Å²) in [5.41, 5.74) is 2.68. The summed E-state index contributed by atoms with van der Waals surface area (Å²) in [6.45, 7) is 2.23. The normalized spacial score (nSPS) is 16.8. The molecule has 4 aromatic rings. The number of thiophene rings is 1. The highest BCUT2D eigenvalue weighted by Gasteiger charge is 2.25. The maximum atomic E-state index is 12.0. The first kappa shape index (κ1) is 17.8. The predicted molar refractivity (Wildman–Crippen MR) is 119 cm³/mol. The van der Waals surface area contributed by atoms with Crippen molar-refractivity contribution in [2.75, 3.05) is 18.4 Å². The fraction of sp³-hybridized carbons (Fsp3) is 0.364. The van der Waals surface area contributed by atoms with Crippen LogP contribution in [0.15, 0.2) is 36.0 Å². The van der Waals surface area contributed by atoms with E-state index >= 15 is 0 Å². The van der Waals surface area contributed by atoms with E-state index in [2.05, 4.69) is 44.5 Å². The molecule has 8 heteroatoms. The fourth-order valence-electron chi connectivity index (χ4n) is 4.07. The number of aromatic nitrogens is 4. The fourth-order valence-corrected chi connectivity index (χ4v) is 5.01. The summed E-state index contributed by atoms with van der Waals surface area (Å²) in [4.78, 5) is 28.4. The van der Waals surface area contributed by atoms with Crippen LogP contribution in [0.3, 0.4) is 0 Å². The van der Waals surface area contributed by atoms with Crippen molar-refractivity contribution < 1.29 is 4.79 Å². The predicted octanol–water partition coefficient (Wildman–Crippen LogP) is 3.90. The van der Waals surface area contributed by atoms with Crippen molar-refractivity contribution in [1.29, 1.82) is 0 Å². The van der Waals surface area contributed by atoms with E-state index in [-0.39, 0.29) is 5.91 Å². The lowest BCUT2D eigenvalue weighted by Gasteiger charge is -2.16. The van der Waals surface area contributed by atoms with Gasteiger partial charge >= 0.3 is 0 Å². The number of hydrogen-bond donors (Lipinski definition) is 1. The molecule has 1 aromatic carbocycles. The highest BCUT2D eigenvalue weighted by molar-refractivity contribution is 7.17. The third-order valence-electron chi connectivity index (χ3n) is 5.89. The van der Waals surface area contributed by atoms with Gasteiger partial charge in [-0.1, -0.05) is 18.2 Å². The van der Waals surface area contributed by atoms with Crippen molar-refractivity contribution in [3.63, 3.8) is 0 Å². The van der Waals surface area contributed by atoms with E-state index in [0.717, 1.165) is 41.3 Å². The van der Waals surface area contributed by atoms with Crippen LogP contribution in [0.1, 0.15) is 25.7 Å². The minimum absolute atomic E-state index is 0.246. The van der Waals surface area contributed by atoms with Crippen LogP contribution in [0.25, 0.3) is 32.6 Å². The topological polar surface area (TPSA) is 75.9 Å². The maximum Gasteiger partial charge on any atom is 0.222 e. The quantitative estimate of drug-likeness (QED) is 0.514. The first-order valence-electron chi connectivity index (χ1n) is 10.5. The van der Waals surface area contributed by atoms with Gasteiger partial charge < -0.3 is 14.8 Å². The molecule has 1 saturated carbocycles. The SMILES string of the molecule is O=C1CCCN1CCn1cnc2c(NC3CC3)nc(-c3csc4ccccc34)nc21. The van der Waals surface area contributed by atoms with Crippen molar-refractivity contribution >= 4 is 44.3 Å². The number of amides is 1. The molecule has 1 amide bonds. The Balaban J connectivity index is 1.42. The molecule has 1 N–H and O–H groups in total. The Morgan fingerprint density at radius 1 is 1.17 bits per heavy atom. The summed E-state index contributed by atoms with van der Waals surface area (Å²) in [7, 11) is 0. The molecule has 30 heavy (non-hydrogen) atoms. The van der Waals surface area contributed by atoms with E-state index in [1.165, 1.54) is 22.9 Å². The van der Waals surface area contributed by atoms with Crippen molar-refractivity contribution in [3.05, 3.63) is 36.0 Å². The van der Waals surface area contributed by atoms with Gasteiger partial charge in [-0.25, -0.2) is 15.0 Å². The zero-order valence-corrected chi connectivity index (χ0v) is 17.4. The van der Waals surface area contributed by atoms with Crippen LogP contribution in [0.4, 0.5) is 5.82 Å². The molecule has 1 aliphatic carbocycles. The van der Waals surface area contributed by atoms with Crippen molar-refractivity contribution in [2.45, 2.75) is 38.3 Å². The summed E-state index contributed by atoms with van der Waals surface area (Å²) < 4.78 is 3.28. The largest absolute Gasteiger partial charge is 0.365 e. The van der Waals surface area contributed by atoms with Gasteiger partial charge in [0.2, 0.25) is 5.91 Å². The van der Waals surface area contributed by atoms with E-state index < -0.39 is 0 Å². The number of nitrogens with zero attached hydrogens (tertiary/aromatic N) is 5. The highest BCUT2D eigenvalue weighted by atomic mass is 32.1. The molecule has 3 aromatic heterocycles. The lowest BCUT2D eigenvalue weighted by atomic mass is 10.1. The second kappa shape index (κ2) is 7.05. The number of benzene rings is 1. The standard InChI is InChI=1S/C22H22N6OS/c29-18-6-3-9-27(18)10-11-28-13-23-19-21(24-14-7-8-14)25-20(26-22(19)28)16-12-30-17-5-2-1-4-15(16)17/h1-2,4-5,12-14H,3,6-11H2,(H,24,25,26). The van der Waals surface area contributed by atoms with Gasteiger partial charge in [0, 0.05) is 53.1 Å². The molecule has 0 atom stereocenters. The number of likely N-dealkylation sites (tertiary alicyclic amines) is 1. The monoisotopic (exact) mass is 418 g/mol. The van der Waals surface area contributed by atoms with Crippen molar-refractivity contribution in [2.24, 2.45) is 0 Å². The Morgan fingerprint density at radius 3 is 2.90 bits per heavy atom. The summed E-state index contributed by atoms with van der Waals surface area (Å²) in [6, 6.07) is 8.84. The number of rotatable bonds is 6. The summed E-state index contributed by atoms with van der Waals surface area (Å²) >= 11 is 1.71. The minimum Gasteiger partial charge on any atom is -0.365 e. The Kier molecular flexibility index (Phi) is 4.19. The molecule has 2 fully saturated rings. The van der Waals surface area contributed by atoms with E-state index in [1.54, 1.807) is 11.3 Å². The number of nitrogens with one attached hydrogen (secondary N) is 1. The van der Waals surface area contributed by atoms with Gasteiger partial charge in [-0.15, -0.1) is 11.3 Å². The smallest absolute Gasteiger partial charge is 0.222 e. The van der Waals surface area contributed by atoms with Crippen molar-refractivity contribution in [3.8, 4) is 11.4 Å². The van der Waals surface area contributed by atoms with Crippen LogP contribution in [0, 0.1) is 0 Å². The molecular formula is C22H22N6OS. The number of imidazole rings is 1. The highest BCUT2D eigenvalue weighted by Crippen LogP contribution is 2.35. The van der Waals surface area contributed by atoms with Crippen molar-refractivity contribution in [1.82, 2.24) is 24.4 Å². The summed E-state index contributed by atoms with van der Waals surface area (Å²) in [5, 5.41) is 6.85. The van der Waals surface area contributed by atoms with Gasteiger partial charge in [-0.05, 0) is 25.3 Å². The number of fused-ring (bicyclic) bond motifs is 2. The van der Waals surface area contributed by atoms with Crippen LogP contribution < -0.4 is 5.32 Å². The molecule has 4 heterocycles. The molecular weight excluding hydrogens is 396 g/mol. The number of carbonyl (C=O) groups is 1. The minimum atomic E-state index is 0.246. The first-order valence-corrected chi connectivity index (χ1v) is 11.4. The van der Waals surface area contributed by atoms with Gasteiger partial charge in [0.25, 0.3) is 0 Å². The van der Waals surface area contributed by atoms with Crippen LogP contribution in [-0.2, 0) is 11.3 Å². The third kappa shape index (κ3) is 3.11. The lowest BCUT2D eigenvalue weighted by Crippen LogP contribution is -2.28. The summed E-state index contributed by atoms with van der Waals surface area (Å²) in [6.07, 6.45) is 5.78. The molecule has 1 aliphatic heterocycles.